The van der Waals surface area contributed by atoms with E-state index in [1.807, 2.05) is 6.92 Å². The van der Waals surface area contributed by atoms with Crippen LogP contribution in [0.4, 0.5) is 5.69 Å². The van der Waals surface area contributed by atoms with Gasteiger partial charge in [-0.1, -0.05) is 19.1 Å². The zero-order chi connectivity index (χ0) is 19.8. The van der Waals surface area contributed by atoms with E-state index in [0.29, 0.717) is 29.1 Å². The first-order valence-corrected chi connectivity index (χ1v) is 9.78. The Labute approximate surface area is 177 Å². The number of para-hydroxylation sites is 1. The lowest BCUT2D eigenvalue weighted by molar-refractivity contribution is 0.0952. The van der Waals surface area contributed by atoms with Gasteiger partial charge >= 0.3 is 0 Å². The summed E-state index contributed by atoms with van der Waals surface area (Å²) in [7, 11) is 1.57. The van der Waals surface area contributed by atoms with E-state index in [0.717, 1.165) is 9.99 Å². The van der Waals surface area contributed by atoms with Crippen molar-refractivity contribution in [2.45, 2.75) is 13.3 Å². The lowest BCUT2D eigenvalue weighted by Crippen LogP contribution is -2.35. The van der Waals surface area contributed by atoms with Crippen LogP contribution in [-0.2, 0) is 0 Å². The minimum Gasteiger partial charge on any atom is -0.496 e. The molecule has 2 rings (SSSR count). The van der Waals surface area contributed by atoms with Crippen LogP contribution in [0.15, 0.2) is 42.5 Å². The van der Waals surface area contributed by atoms with E-state index >= 15 is 0 Å². The zero-order valence-corrected chi connectivity index (χ0v) is 17.9. The van der Waals surface area contributed by atoms with Gasteiger partial charge in [-0.25, -0.2) is 0 Å². The van der Waals surface area contributed by atoms with Crippen LogP contribution < -0.4 is 20.7 Å². The van der Waals surface area contributed by atoms with Gasteiger partial charge in [0.2, 0.25) is 0 Å². The average molecular weight is 497 g/mol. The minimum atomic E-state index is -0.346. The lowest BCUT2D eigenvalue weighted by atomic mass is 10.1. The van der Waals surface area contributed by atoms with E-state index in [1.165, 1.54) is 0 Å². The van der Waals surface area contributed by atoms with Crippen molar-refractivity contribution >= 4 is 57.4 Å². The molecule has 0 fully saturated rings. The Morgan fingerprint density at radius 2 is 1.89 bits per heavy atom. The van der Waals surface area contributed by atoms with Crippen molar-refractivity contribution in [3.05, 3.63) is 57.2 Å². The molecule has 0 unspecified atom stereocenters. The largest absolute Gasteiger partial charge is 0.496 e. The molecule has 0 bridgehead atoms. The summed E-state index contributed by atoms with van der Waals surface area (Å²) in [4.78, 5) is 24.6. The van der Waals surface area contributed by atoms with Gasteiger partial charge in [-0.2, -0.15) is 0 Å². The van der Waals surface area contributed by atoms with E-state index in [4.69, 9.17) is 17.0 Å². The molecule has 0 spiro atoms. The Kier molecular flexibility index (Phi) is 7.99. The predicted octanol–water partition coefficient (Wildman–Crippen LogP) is 3.57. The highest BCUT2D eigenvalue weighted by atomic mass is 127. The average Bonchev–Trinajstić information content (AvgIpc) is 2.66. The minimum absolute atomic E-state index is 0.113. The second-order valence-corrected chi connectivity index (χ2v) is 7.13. The molecular formula is C19H20IN3O3S. The smallest absolute Gasteiger partial charge is 0.257 e. The van der Waals surface area contributed by atoms with Crippen LogP contribution in [0.2, 0.25) is 0 Å². The van der Waals surface area contributed by atoms with Crippen LogP contribution >= 0.6 is 34.8 Å². The summed E-state index contributed by atoms with van der Waals surface area (Å²) in [5, 5.41) is 8.48. The number of rotatable bonds is 6. The summed E-state index contributed by atoms with van der Waals surface area (Å²) in [6.07, 6.45) is 0.844. The standard InChI is InChI=1S/C19H20IN3O3S/c1-3-10-21-18(25)13-6-4-5-7-15(13)22-19(27)23-17(24)12-8-9-16(26-2)14(20)11-12/h4-9,11H,3,10H2,1-2H3,(H,21,25)(H2,22,23,24,27). The molecule has 0 atom stereocenters. The van der Waals surface area contributed by atoms with Crippen molar-refractivity contribution in [1.29, 1.82) is 0 Å². The van der Waals surface area contributed by atoms with Crippen molar-refractivity contribution in [3.63, 3.8) is 0 Å². The molecule has 2 aromatic carbocycles. The summed E-state index contributed by atoms with van der Waals surface area (Å²) in [5.41, 5.74) is 1.44. The molecular weight excluding hydrogens is 477 g/mol. The molecule has 27 heavy (non-hydrogen) atoms. The van der Waals surface area contributed by atoms with Crippen molar-refractivity contribution in [3.8, 4) is 5.75 Å². The van der Waals surface area contributed by atoms with Crippen molar-refractivity contribution in [2.75, 3.05) is 19.0 Å². The number of hydrogen-bond donors (Lipinski definition) is 3. The maximum Gasteiger partial charge on any atom is 0.257 e. The summed E-state index contributed by atoms with van der Waals surface area (Å²) in [6.45, 7) is 2.57. The normalized spacial score (nSPS) is 10.0. The number of methoxy groups -OCH3 is 1. The van der Waals surface area contributed by atoms with Gasteiger partial charge in [-0.3, -0.25) is 14.9 Å². The highest BCUT2D eigenvalue weighted by Crippen LogP contribution is 2.21. The molecule has 0 saturated carbocycles. The molecule has 0 aliphatic carbocycles. The number of carbonyl (C=O) groups excluding carboxylic acids is 2. The van der Waals surface area contributed by atoms with Gasteiger partial charge in [0.05, 0.1) is 21.9 Å². The third kappa shape index (κ3) is 5.90. The third-order valence-electron chi connectivity index (χ3n) is 3.60. The Hall–Kier alpha value is -2.20. The topological polar surface area (TPSA) is 79.5 Å². The fourth-order valence-electron chi connectivity index (χ4n) is 2.26. The second-order valence-electron chi connectivity index (χ2n) is 5.56. The summed E-state index contributed by atoms with van der Waals surface area (Å²) in [5.74, 6) is 0.152. The number of carbonyl (C=O) groups is 2. The lowest BCUT2D eigenvalue weighted by Gasteiger charge is -2.14. The number of thiocarbonyl (C=S) groups is 1. The fraction of sp³-hybridized carbons (Fsp3) is 0.211. The van der Waals surface area contributed by atoms with E-state index in [-0.39, 0.29) is 16.9 Å². The SMILES string of the molecule is CCCNC(=O)c1ccccc1NC(=S)NC(=O)c1ccc(OC)c(I)c1. The van der Waals surface area contributed by atoms with E-state index in [2.05, 4.69) is 38.5 Å². The molecule has 0 heterocycles. The summed E-state index contributed by atoms with van der Waals surface area (Å²) in [6, 6.07) is 12.1. The summed E-state index contributed by atoms with van der Waals surface area (Å²) < 4.78 is 6.01. The van der Waals surface area contributed by atoms with Crippen LogP contribution in [-0.4, -0.2) is 30.6 Å². The molecule has 0 radical (unpaired) electrons. The number of halogens is 1. The monoisotopic (exact) mass is 497 g/mol. The maximum atomic E-state index is 12.4. The Morgan fingerprint density at radius 1 is 1.15 bits per heavy atom. The molecule has 6 nitrogen and oxygen atoms in total. The molecule has 142 valence electrons. The van der Waals surface area contributed by atoms with Gasteiger partial charge < -0.3 is 15.4 Å². The van der Waals surface area contributed by atoms with Crippen LogP contribution in [0.1, 0.15) is 34.1 Å². The first-order valence-electron chi connectivity index (χ1n) is 8.29. The highest BCUT2D eigenvalue weighted by Gasteiger charge is 2.14. The molecule has 3 N–H and O–H groups in total. The van der Waals surface area contributed by atoms with Crippen molar-refractivity contribution in [2.24, 2.45) is 0 Å². The van der Waals surface area contributed by atoms with Gasteiger partial charge in [0.1, 0.15) is 5.75 Å². The summed E-state index contributed by atoms with van der Waals surface area (Å²) >= 11 is 7.32. The number of hydrogen-bond acceptors (Lipinski definition) is 4. The van der Waals surface area contributed by atoms with Crippen LogP contribution in [0, 0.1) is 3.57 Å². The van der Waals surface area contributed by atoms with Crippen molar-refractivity contribution < 1.29 is 14.3 Å². The quantitative estimate of drug-likeness (QED) is 0.420. The fourth-order valence-corrected chi connectivity index (χ4v) is 3.20. The molecule has 0 aliphatic rings. The van der Waals surface area contributed by atoms with Crippen LogP contribution in [0.5, 0.6) is 5.75 Å². The molecule has 0 aliphatic heterocycles. The van der Waals surface area contributed by atoms with Crippen molar-refractivity contribution in [1.82, 2.24) is 10.6 Å². The first-order chi connectivity index (χ1) is 13.0. The van der Waals surface area contributed by atoms with E-state index < -0.39 is 0 Å². The van der Waals surface area contributed by atoms with Gasteiger partial charge in [0, 0.05) is 12.1 Å². The third-order valence-corrected chi connectivity index (χ3v) is 4.64. The molecule has 0 saturated heterocycles. The molecule has 2 aromatic rings. The van der Waals surface area contributed by atoms with E-state index in [9.17, 15) is 9.59 Å². The van der Waals surface area contributed by atoms with Crippen LogP contribution in [0.25, 0.3) is 0 Å². The molecule has 2 amide bonds. The zero-order valence-electron chi connectivity index (χ0n) is 15.0. The van der Waals surface area contributed by atoms with Crippen LogP contribution in [0.3, 0.4) is 0 Å². The number of nitrogens with one attached hydrogen (secondary N) is 3. The first kappa shape index (κ1) is 21.1. The Balaban J connectivity index is 2.06. The Bertz CT molecular complexity index is 858. The maximum absolute atomic E-state index is 12.4. The van der Waals surface area contributed by atoms with Gasteiger partial charge in [0.15, 0.2) is 5.11 Å². The molecule has 8 heteroatoms. The van der Waals surface area contributed by atoms with Gasteiger partial charge in [-0.05, 0) is 71.6 Å². The van der Waals surface area contributed by atoms with Gasteiger partial charge in [-0.15, -0.1) is 0 Å². The van der Waals surface area contributed by atoms with E-state index in [1.54, 1.807) is 49.6 Å². The number of ether oxygens (including phenoxy) is 1. The number of benzene rings is 2. The highest BCUT2D eigenvalue weighted by molar-refractivity contribution is 14.1. The number of anilines is 1. The predicted molar refractivity (Wildman–Crippen MR) is 118 cm³/mol. The second kappa shape index (κ2) is 10.2. The van der Waals surface area contributed by atoms with Gasteiger partial charge in [0.25, 0.3) is 11.8 Å². The Morgan fingerprint density at radius 3 is 2.56 bits per heavy atom. The number of amides is 2. The molecule has 0 aromatic heterocycles.